The van der Waals surface area contributed by atoms with Crippen LogP contribution in [0.4, 0.5) is 0 Å². The van der Waals surface area contributed by atoms with Crippen LogP contribution >= 0.6 is 0 Å². The number of terminal acetylenes is 1. The van der Waals surface area contributed by atoms with Gasteiger partial charge in [-0.05, 0) is 57.3 Å². The maximum atomic E-state index is 5.58. The zero-order valence-corrected chi connectivity index (χ0v) is 10.1. The third-order valence-electron chi connectivity index (χ3n) is 4.11. The van der Waals surface area contributed by atoms with E-state index in [0.29, 0.717) is 0 Å². The van der Waals surface area contributed by atoms with Crippen LogP contribution in [0, 0.1) is 35.5 Å². The van der Waals surface area contributed by atoms with Crippen molar-refractivity contribution < 1.29 is 0 Å². The Morgan fingerprint density at radius 2 is 1.64 bits per heavy atom. The van der Waals surface area contributed by atoms with Crippen LogP contribution in [-0.2, 0) is 0 Å². The molecule has 0 aromatic rings. The highest BCUT2D eigenvalue weighted by Crippen LogP contribution is 2.41. The van der Waals surface area contributed by atoms with E-state index in [-0.39, 0.29) is 5.41 Å². The van der Waals surface area contributed by atoms with Gasteiger partial charge < -0.3 is 0 Å². The van der Waals surface area contributed by atoms with Gasteiger partial charge in [0.1, 0.15) is 0 Å². The van der Waals surface area contributed by atoms with E-state index >= 15 is 0 Å². The largest absolute Gasteiger partial charge is 0.120 e. The molecule has 0 unspecified atom stereocenters. The molecule has 0 radical (unpaired) electrons. The SMILES string of the molecule is C#CC(C)(C)C1CCC(C(C)C)CC1. The van der Waals surface area contributed by atoms with Crippen LogP contribution in [0.15, 0.2) is 0 Å². The first-order valence-electron chi connectivity index (χ1n) is 5.95. The summed E-state index contributed by atoms with van der Waals surface area (Å²) in [4.78, 5) is 0. The van der Waals surface area contributed by atoms with Gasteiger partial charge in [0.2, 0.25) is 0 Å². The minimum atomic E-state index is 0.113. The summed E-state index contributed by atoms with van der Waals surface area (Å²) in [5.41, 5.74) is 0.113. The molecule has 0 N–H and O–H groups in total. The van der Waals surface area contributed by atoms with Gasteiger partial charge in [0.25, 0.3) is 0 Å². The zero-order valence-electron chi connectivity index (χ0n) is 10.1. The fraction of sp³-hybridized carbons (Fsp3) is 0.857. The highest BCUT2D eigenvalue weighted by molar-refractivity contribution is 5.04. The molecule has 1 fully saturated rings. The molecule has 80 valence electrons. The Labute approximate surface area is 89.5 Å². The van der Waals surface area contributed by atoms with Crippen molar-refractivity contribution in [3.8, 4) is 12.3 Å². The maximum absolute atomic E-state index is 5.58. The van der Waals surface area contributed by atoms with E-state index < -0.39 is 0 Å². The Morgan fingerprint density at radius 1 is 1.14 bits per heavy atom. The van der Waals surface area contributed by atoms with Gasteiger partial charge in [-0.3, -0.25) is 0 Å². The molecule has 1 saturated carbocycles. The minimum Gasteiger partial charge on any atom is -0.120 e. The van der Waals surface area contributed by atoms with E-state index in [0.717, 1.165) is 17.8 Å². The lowest BCUT2D eigenvalue weighted by molar-refractivity contribution is 0.157. The molecule has 0 nitrogen and oxygen atoms in total. The van der Waals surface area contributed by atoms with Crippen LogP contribution < -0.4 is 0 Å². The van der Waals surface area contributed by atoms with Crippen molar-refractivity contribution in [2.45, 2.75) is 53.4 Å². The van der Waals surface area contributed by atoms with E-state index in [1.54, 1.807) is 0 Å². The van der Waals surface area contributed by atoms with Crippen LogP contribution in [0.5, 0.6) is 0 Å². The molecule has 0 aromatic carbocycles. The second-order valence-electron chi connectivity index (χ2n) is 5.72. The van der Waals surface area contributed by atoms with Crippen LogP contribution in [0.3, 0.4) is 0 Å². The predicted octanol–water partition coefficient (Wildman–Crippen LogP) is 4.11. The Bertz CT molecular complexity index is 209. The van der Waals surface area contributed by atoms with Crippen molar-refractivity contribution in [2.75, 3.05) is 0 Å². The molecular weight excluding hydrogens is 168 g/mol. The fourth-order valence-electron chi connectivity index (χ4n) is 2.63. The van der Waals surface area contributed by atoms with E-state index in [2.05, 4.69) is 33.6 Å². The lowest BCUT2D eigenvalue weighted by atomic mass is 9.67. The van der Waals surface area contributed by atoms with Crippen LogP contribution in [0.2, 0.25) is 0 Å². The van der Waals surface area contributed by atoms with Gasteiger partial charge in [-0.15, -0.1) is 12.3 Å². The van der Waals surface area contributed by atoms with Crippen molar-refractivity contribution >= 4 is 0 Å². The van der Waals surface area contributed by atoms with Crippen molar-refractivity contribution in [3.63, 3.8) is 0 Å². The normalized spacial score (nSPS) is 28.9. The quantitative estimate of drug-likeness (QED) is 0.578. The summed E-state index contributed by atoms with van der Waals surface area (Å²) < 4.78 is 0. The van der Waals surface area contributed by atoms with Gasteiger partial charge in [-0.1, -0.05) is 13.8 Å². The van der Waals surface area contributed by atoms with Gasteiger partial charge in [0, 0.05) is 5.41 Å². The number of hydrogen-bond acceptors (Lipinski definition) is 0. The second kappa shape index (κ2) is 4.39. The average molecular weight is 192 g/mol. The topological polar surface area (TPSA) is 0 Å². The summed E-state index contributed by atoms with van der Waals surface area (Å²) in [7, 11) is 0. The molecule has 14 heavy (non-hydrogen) atoms. The highest BCUT2D eigenvalue weighted by Gasteiger charge is 2.32. The molecule has 1 rings (SSSR count). The summed E-state index contributed by atoms with van der Waals surface area (Å²) in [6.07, 6.45) is 11.0. The molecule has 0 bridgehead atoms. The monoisotopic (exact) mass is 192 g/mol. The standard InChI is InChI=1S/C14H24/c1-6-14(4,5)13-9-7-12(8-10-13)11(2)3/h1,11-13H,7-10H2,2-5H3. The maximum Gasteiger partial charge on any atom is 0.0283 e. The molecule has 0 spiro atoms. The third-order valence-corrected chi connectivity index (χ3v) is 4.11. The lowest BCUT2D eigenvalue weighted by Crippen LogP contribution is -2.28. The van der Waals surface area contributed by atoms with Crippen molar-refractivity contribution in [3.05, 3.63) is 0 Å². The Hall–Kier alpha value is -0.440. The van der Waals surface area contributed by atoms with Gasteiger partial charge in [0.15, 0.2) is 0 Å². The van der Waals surface area contributed by atoms with E-state index in [9.17, 15) is 0 Å². The first kappa shape index (κ1) is 11.6. The van der Waals surface area contributed by atoms with Gasteiger partial charge in [-0.2, -0.15) is 0 Å². The average Bonchev–Trinajstić information content (AvgIpc) is 2.18. The molecule has 0 saturated heterocycles. The van der Waals surface area contributed by atoms with E-state index in [1.807, 2.05) is 0 Å². The summed E-state index contributed by atoms with van der Waals surface area (Å²) in [5.74, 6) is 5.50. The molecule has 0 heterocycles. The van der Waals surface area contributed by atoms with Crippen molar-refractivity contribution in [1.29, 1.82) is 0 Å². The van der Waals surface area contributed by atoms with Crippen molar-refractivity contribution in [1.82, 2.24) is 0 Å². The van der Waals surface area contributed by atoms with Crippen LogP contribution in [0.25, 0.3) is 0 Å². The Morgan fingerprint density at radius 3 is 2.00 bits per heavy atom. The summed E-state index contributed by atoms with van der Waals surface area (Å²) in [5, 5.41) is 0. The van der Waals surface area contributed by atoms with Gasteiger partial charge in [0.05, 0.1) is 0 Å². The minimum absolute atomic E-state index is 0.113. The predicted molar refractivity (Wildman–Crippen MR) is 62.9 cm³/mol. The molecule has 0 aliphatic heterocycles. The first-order valence-corrected chi connectivity index (χ1v) is 5.95. The highest BCUT2D eigenvalue weighted by atomic mass is 14.4. The molecular formula is C14H24. The molecule has 0 aromatic heterocycles. The number of rotatable bonds is 2. The second-order valence-corrected chi connectivity index (χ2v) is 5.72. The van der Waals surface area contributed by atoms with Gasteiger partial charge >= 0.3 is 0 Å². The zero-order chi connectivity index (χ0) is 10.8. The van der Waals surface area contributed by atoms with E-state index in [1.165, 1.54) is 25.7 Å². The summed E-state index contributed by atoms with van der Waals surface area (Å²) in [6.45, 7) is 9.12. The Kier molecular flexibility index (Phi) is 3.65. The number of hydrogen-bond donors (Lipinski definition) is 0. The van der Waals surface area contributed by atoms with E-state index in [4.69, 9.17) is 6.42 Å². The third kappa shape index (κ3) is 2.53. The molecule has 0 heteroatoms. The lowest BCUT2D eigenvalue weighted by Gasteiger charge is -2.37. The van der Waals surface area contributed by atoms with Crippen LogP contribution in [-0.4, -0.2) is 0 Å². The molecule has 1 aliphatic rings. The first-order chi connectivity index (χ1) is 6.47. The molecule has 0 amide bonds. The fourth-order valence-corrected chi connectivity index (χ4v) is 2.63. The van der Waals surface area contributed by atoms with Crippen LogP contribution in [0.1, 0.15) is 53.4 Å². The Balaban J connectivity index is 2.48. The smallest absolute Gasteiger partial charge is 0.0283 e. The molecule has 1 aliphatic carbocycles. The van der Waals surface area contributed by atoms with Crippen molar-refractivity contribution in [2.24, 2.45) is 23.2 Å². The molecule has 0 atom stereocenters. The van der Waals surface area contributed by atoms with Gasteiger partial charge in [-0.25, -0.2) is 0 Å². The summed E-state index contributed by atoms with van der Waals surface area (Å²) >= 11 is 0. The summed E-state index contributed by atoms with van der Waals surface area (Å²) in [6, 6.07) is 0.